The van der Waals surface area contributed by atoms with Gasteiger partial charge in [0.25, 0.3) is 0 Å². The van der Waals surface area contributed by atoms with Gasteiger partial charge >= 0.3 is 0 Å². The van der Waals surface area contributed by atoms with Crippen LogP contribution in [0.15, 0.2) is 0 Å². The van der Waals surface area contributed by atoms with Crippen LogP contribution >= 0.6 is 0 Å². The molecule has 0 amide bonds. The number of rotatable bonds is 25. The van der Waals surface area contributed by atoms with Gasteiger partial charge in [0.2, 0.25) is 0 Å². The van der Waals surface area contributed by atoms with Crippen molar-refractivity contribution in [3.63, 3.8) is 0 Å². The predicted molar refractivity (Wildman–Crippen MR) is 150 cm³/mol. The summed E-state index contributed by atoms with van der Waals surface area (Å²) in [6, 6.07) is 1.21. The van der Waals surface area contributed by atoms with Gasteiger partial charge in [-0.1, -0.05) is 117 Å². The summed E-state index contributed by atoms with van der Waals surface area (Å²) < 4.78 is 0. The predicted octanol–water partition coefficient (Wildman–Crippen LogP) is 9.70. The highest BCUT2D eigenvalue weighted by atomic mass is 16.3. The average Bonchev–Trinajstić information content (AvgIpc) is 2.77. The number of hydrogen-bond acceptors (Lipinski definition) is 2. The van der Waals surface area contributed by atoms with Crippen LogP contribution in [0.25, 0.3) is 0 Å². The van der Waals surface area contributed by atoms with E-state index < -0.39 is 5.60 Å². The van der Waals surface area contributed by atoms with Crippen LogP contribution in [0, 0.1) is 13.8 Å². The number of hydrogen-bond donors (Lipinski definition) is 1. The molecular weight excluding hydrogens is 402 g/mol. The second-order valence-corrected chi connectivity index (χ2v) is 11.3. The lowest BCUT2D eigenvalue weighted by molar-refractivity contribution is 0.00622. The molecule has 2 heteroatoms. The van der Waals surface area contributed by atoms with Crippen LogP contribution in [0.5, 0.6) is 0 Å². The van der Waals surface area contributed by atoms with Crippen LogP contribution in [-0.4, -0.2) is 34.2 Å². The van der Waals surface area contributed by atoms with E-state index in [9.17, 15) is 5.11 Å². The molecule has 0 spiro atoms. The van der Waals surface area contributed by atoms with Gasteiger partial charge in [-0.2, -0.15) is 0 Å². The SMILES string of the molecule is [CH2]CCCCCCCCCC(O)(CCCCCCCCC[CH2])CCCCN(C(C)C)C(C)C. The summed E-state index contributed by atoms with van der Waals surface area (Å²) >= 11 is 0. The molecule has 0 atom stereocenters. The van der Waals surface area contributed by atoms with E-state index >= 15 is 0 Å². The maximum Gasteiger partial charge on any atom is 0.0647 e. The highest BCUT2D eigenvalue weighted by Gasteiger charge is 2.25. The summed E-state index contributed by atoms with van der Waals surface area (Å²) in [6.45, 7) is 18.2. The fourth-order valence-corrected chi connectivity index (χ4v) is 5.27. The van der Waals surface area contributed by atoms with Crippen molar-refractivity contribution in [2.75, 3.05) is 6.54 Å². The summed E-state index contributed by atoms with van der Waals surface area (Å²) in [6.07, 6.45) is 25.8. The summed E-state index contributed by atoms with van der Waals surface area (Å²) in [7, 11) is 0. The van der Waals surface area contributed by atoms with E-state index in [1.807, 2.05) is 0 Å². The first kappa shape index (κ1) is 32.9. The summed E-state index contributed by atoms with van der Waals surface area (Å²) in [5.41, 5.74) is -0.428. The lowest BCUT2D eigenvalue weighted by atomic mass is 9.85. The minimum Gasteiger partial charge on any atom is -0.390 e. The zero-order valence-corrected chi connectivity index (χ0v) is 23.5. The molecule has 0 unspecified atom stereocenters. The van der Waals surface area contributed by atoms with E-state index in [4.69, 9.17) is 0 Å². The summed E-state index contributed by atoms with van der Waals surface area (Å²) in [5, 5.41) is 11.5. The van der Waals surface area contributed by atoms with E-state index in [-0.39, 0.29) is 0 Å². The highest BCUT2D eigenvalue weighted by Crippen LogP contribution is 2.29. The molecule has 0 rings (SSSR count). The Morgan fingerprint density at radius 1 is 0.515 bits per heavy atom. The van der Waals surface area contributed by atoms with Gasteiger partial charge in [-0.15, -0.1) is 0 Å². The Kier molecular flexibility index (Phi) is 22.3. The molecule has 0 aliphatic carbocycles. The zero-order valence-electron chi connectivity index (χ0n) is 23.5. The van der Waals surface area contributed by atoms with E-state index in [2.05, 4.69) is 46.4 Å². The monoisotopic (exact) mass is 465 g/mol. The fraction of sp³-hybridized carbons (Fsp3) is 0.935. The Hall–Kier alpha value is -0.0800. The second kappa shape index (κ2) is 22.4. The largest absolute Gasteiger partial charge is 0.390 e. The van der Waals surface area contributed by atoms with Crippen molar-refractivity contribution in [1.29, 1.82) is 0 Å². The quantitative estimate of drug-likeness (QED) is 0.136. The molecule has 0 heterocycles. The molecule has 33 heavy (non-hydrogen) atoms. The number of aliphatic hydroxyl groups is 1. The molecule has 0 bridgehead atoms. The Morgan fingerprint density at radius 2 is 0.818 bits per heavy atom. The van der Waals surface area contributed by atoms with Gasteiger partial charge < -0.3 is 5.11 Å². The van der Waals surface area contributed by atoms with Crippen molar-refractivity contribution in [3.8, 4) is 0 Å². The van der Waals surface area contributed by atoms with Gasteiger partial charge in [-0.3, -0.25) is 4.90 Å². The normalized spacial score (nSPS) is 12.5. The lowest BCUT2D eigenvalue weighted by Crippen LogP contribution is -2.38. The molecule has 0 aliphatic heterocycles. The topological polar surface area (TPSA) is 23.5 Å². The van der Waals surface area contributed by atoms with Crippen LogP contribution in [0.3, 0.4) is 0 Å². The lowest BCUT2D eigenvalue weighted by Gasteiger charge is -2.32. The zero-order chi connectivity index (χ0) is 24.8. The van der Waals surface area contributed by atoms with Crippen LogP contribution in [0.4, 0.5) is 0 Å². The molecule has 0 saturated heterocycles. The van der Waals surface area contributed by atoms with Gasteiger partial charge in [0.1, 0.15) is 0 Å². The van der Waals surface area contributed by atoms with Crippen LogP contribution < -0.4 is 0 Å². The van der Waals surface area contributed by atoms with E-state index in [1.165, 1.54) is 96.3 Å². The molecule has 0 aliphatic rings. The molecule has 2 nitrogen and oxygen atoms in total. The minimum absolute atomic E-state index is 0.428. The minimum atomic E-state index is -0.428. The Bertz CT molecular complexity index is 364. The summed E-state index contributed by atoms with van der Waals surface area (Å²) in [5.74, 6) is 0. The van der Waals surface area contributed by atoms with Gasteiger partial charge in [0.05, 0.1) is 5.60 Å². The van der Waals surface area contributed by atoms with E-state index in [0.717, 1.165) is 45.1 Å². The first-order valence-corrected chi connectivity index (χ1v) is 14.9. The molecule has 0 fully saturated rings. The van der Waals surface area contributed by atoms with Gasteiger partial charge in [-0.25, -0.2) is 0 Å². The smallest absolute Gasteiger partial charge is 0.0647 e. The summed E-state index contributed by atoms with van der Waals surface area (Å²) in [4.78, 5) is 2.59. The van der Waals surface area contributed by atoms with Gasteiger partial charge in [0.15, 0.2) is 0 Å². The molecule has 0 aromatic heterocycles. The molecular formula is C31H63NO. The molecule has 198 valence electrons. The van der Waals surface area contributed by atoms with Crippen LogP contribution in [0.1, 0.15) is 163 Å². The van der Waals surface area contributed by atoms with E-state index in [0.29, 0.717) is 12.1 Å². The highest BCUT2D eigenvalue weighted by molar-refractivity contribution is 4.79. The third-order valence-corrected chi connectivity index (χ3v) is 7.42. The molecule has 2 radical (unpaired) electrons. The van der Waals surface area contributed by atoms with Crippen LogP contribution in [-0.2, 0) is 0 Å². The molecule has 1 N–H and O–H groups in total. The van der Waals surface area contributed by atoms with Gasteiger partial charge in [0, 0.05) is 12.1 Å². The van der Waals surface area contributed by atoms with Crippen molar-refractivity contribution < 1.29 is 5.11 Å². The van der Waals surface area contributed by atoms with Crippen molar-refractivity contribution in [3.05, 3.63) is 13.8 Å². The van der Waals surface area contributed by atoms with Crippen molar-refractivity contribution in [2.45, 2.75) is 180 Å². The Labute approximate surface area is 210 Å². The third kappa shape index (κ3) is 19.9. The maximum absolute atomic E-state index is 11.5. The standard InChI is InChI=1S/C31H63NO/c1-7-9-11-13-15-17-19-21-25-31(33,26-22-20-18-16-14-12-10-8-2)27-23-24-28-32(29(3)4)30(5)6/h29-30,33H,1-2,7-28H2,3-6H3. The Morgan fingerprint density at radius 3 is 1.15 bits per heavy atom. The third-order valence-electron chi connectivity index (χ3n) is 7.42. The van der Waals surface area contributed by atoms with Crippen molar-refractivity contribution >= 4 is 0 Å². The number of unbranched alkanes of at least 4 members (excludes halogenated alkanes) is 15. The van der Waals surface area contributed by atoms with Crippen LogP contribution in [0.2, 0.25) is 0 Å². The molecule has 0 saturated carbocycles. The first-order chi connectivity index (χ1) is 15.9. The average molecular weight is 466 g/mol. The van der Waals surface area contributed by atoms with Crippen molar-refractivity contribution in [1.82, 2.24) is 4.90 Å². The fourth-order valence-electron chi connectivity index (χ4n) is 5.27. The number of nitrogens with zero attached hydrogens (tertiary/aromatic N) is 1. The second-order valence-electron chi connectivity index (χ2n) is 11.3. The van der Waals surface area contributed by atoms with Gasteiger partial charge in [-0.05, 0) is 66.3 Å². The first-order valence-electron chi connectivity index (χ1n) is 14.9. The molecule has 0 aromatic rings. The Balaban J connectivity index is 4.31. The van der Waals surface area contributed by atoms with Crippen molar-refractivity contribution in [2.24, 2.45) is 0 Å². The maximum atomic E-state index is 11.5. The molecule has 0 aromatic carbocycles. The van der Waals surface area contributed by atoms with E-state index in [1.54, 1.807) is 0 Å².